The Bertz CT molecular complexity index is 1690. The number of esters is 1. The van der Waals surface area contributed by atoms with Crippen LogP contribution in [-0.4, -0.2) is 64.5 Å². The first-order valence-corrected chi connectivity index (χ1v) is 20.7. The van der Waals surface area contributed by atoms with E-state index in [1.807, 2.05) is 30.3 Å². The topological polar surface area (TPSA) is 121 Å². The molecule has 9 atom stereocenters. The van der Waals surface area contributed by atoms with Gasteiger partial charge in [-0.25, -0.2) is 0 Å². The maximum Gasteiger partial charge on any atom is 0.309 e. The van der Waals surface area contributed by atoms with Crippen LogP contribution in [0.25, 0.3) is 0 Å². The average molecular weight is 746 g/mol. The Kier molecular flexibility index (Phi) is 10.5. The molecule has 0 aliphatic heterocycles. The molecule has 1 aromatic rings. The Morgan fingerprint density at radius 1 is 0.907 bits per heavy atom. The van der Waals surface area contributed by atoms with Crippen molar-refractivity contribution in [2.45, 2.75) is 145 Å². The fourth-order valence-electron chi connectivity index (χ4n) is 13.4. The van der Waals surface area contributed by atoms with Crippen LogP contribution in [0.2, 0.25) is 0 Å². The summed E-state index contributed by atoms with van der Waals surface area (Å²) in [6.45, 7) is 19.6. The number of fused-ring (bicyclic) bond motifs is 7. The highest BCUT2D eigenvalue weighted by atomic mass is 16.5. The van der Waals surface area contributed by atoms with Crippen LogP contribution in [0.1, 0.15) is 132 Å². The predicted molar refractivity (Wildman–Crippen MR) is 209 cm³/mol. The van der Waals surface area contributed by atoms with Crippen molar-refractivity contribution in [3.05, 3.63) is 47.0 Å². The zero-order valence-electron chi connectivity index (χ0n) is 34.7. The molecule has 9 unspecified atom stereocenters. The molecule has 298 valence electrons. The quantitative estimate of drug-likeness (QED) is 0.231. The highest BCUT2D eigenvalue weighted by Gasteiger charge is 2.71. The Balaban J connectivity index is 1.27. The van der Waals surface area contributed by atoms with E-state index < -0.39 is 28.9 Å². The number of aliphatic hydroxyl groups excluding tert-OH is 1. The van der Waals surface area contributed by atoms with Crippen molar-refractivity contribution in [3.63, 3.8) is 0 Å². The number of likely N-dealkylation sites (N-methyl/N-ethyl adjacent to an activating group) is 1. The number of rotatable bonds is 10. The molecule has 0 heterocycles. The molecule has 4 saturated carbocycles. The Morgan fingerprint density at radius 2 is 1.57 bits per heavy atom. The van der Waals surface area contributed by atoms with Gasteiger partial charge in [-0.05, 0) is 116 Å². The third kappa shape index (κ3) is 6.29. The molecule has 2 N–H and O–H groups in total. The van der Waals surface area contributed by atoms with Gasteiger partial charge in [-0.1, -0.05) is 84.4 Å². The van der Waals surface area contributed by atoms with Gasteiger partial charge in [0.05, 0.1) is 24.4 Å². The van der Waals surface area contributed by atoms with E-state index in [2.05, 4.69) is 48.5 Å². The minimum atomic E-state index is -1.18. The Labute approximate surface area is 323 Å². The number of aliphatic hydroxyl groups is 1. The van der Waals surface area contributed by atoms with Gasteiger partial charge in [0.1, 0.15) is 6.10 Å². The predicted octanol–water partition coefficient (Wildman–Crippen LogP) is 8.44. The van der Waals surface area contributed by atoms with Gasteiger partial charge in [-0.3, -0.25) is 19.2 Å². The number of aliphatic carboxylic acids is 1. The fraction of sp³-hybridized carbons (Fsp3) is 0.739. The van der Waals surface area contributed by atoms with Crippen LogP contribution >= 0.6 is 0 Å². The Morgan fingerprint density at radius 3 is 2.20 bits per heavy atom. The molecule has 0 spiro atoms. The van der Waals surface area contributed by atoms with E-state index in [1.165, 1.54) is 5.57 Å². The lowest BCUT2D eigenvalue weighted by molar-refractivity contribution is -0.235. The lowest BCUT2D eigenvalue weighted by atomic mass is 9.33. The van der Waals surface area contributed by atoms with Gasteiger partial charge >= 0.3 is 11.9 Å². The maximum absolute atomic E-state index is 14.1. The van der Waals surface area contributed by atoms with Gasteiger partial charge in [-0.2, -0.15) is 0 Å². The average Bonchev–Trinajstić information content (AvgIpc) is 3.39. The number of ether oxygens (including phenoxy) is 1. The molecule has 54 heavy (non-hydrogen) atoms. The summed E-state index contributed by atoms with van der Waals surface area (Å²) < 4.78 is 6.16. The van der Waals surface area contributed by atoms with Crippen LogP contribution in [0.4, 0.5) is 0 Å². The van der Waals surface area contributed by atoms with Gasteiger partial charge < -0.3 is 19.8 Å². The lowest BCUT2D eigenvalue weighted by Gasteiger charge is -2.72. The number of ketones is 1. The molecule has 0 aromatic heterocycles. The smallest absolute Gasteiger partial charge is 0.309 e. The molecule has 4 fully saturated rings. The van der Waals surface area contributed by atoms with Gasteiger partial charge in [-0.15, -0.1) is 0 Å². The molecule has 1 aromatic carbocycles. The Hall–Kier alpha value is -3.00. The molecule has 5 aliphatic carbocycles. The number of carboxylic acids is 1. The second-order valence-electron chi connectivity index (χ2n) is 20.5. The molecule has 8 nitrogen and oxygen atoms in total. The summed E-state index contributed by atoms with van der Waals surface area (Å²) in [4.78, 5) is 54.0. The number of hydrogen-bond acceptors (Lipinski definition) is 6. The number of amides is 1. The number of allylic oxidation sites excluding steroid dienone is 1. The molecule has 0 saturated heterocycles. The zero-order valence-corrected chi connectivity index (χ0v) is 34.7. The van der Waals surface area contributed by atoms with Crippen LogP contribution in [0.5, 0.6) is 0 Å². The molecule has 6 rings (SSSR count). The van der Waals surface area contributed by atoms with Crippen molar-refractivity contribution in [1.82, 2.24) is 4.90 Å². The van der Waals surface area contributed by atoms with Crippen molar-refractivity contribution in [3.8, 4) is 0 Å². The van der Waals surface area contributed by atoms with Crippen LogP contribution in [0, 0.1) is 56.2 Å². The summed E-state index contributed by atoms with van der Waals surface area (Å²) in [6, 6.07) is 9.71. The number of carbonyl (C=O) groups excluding carboxylic acids is 3. The SMILES string of the molecule is CC(C)C1=C2C3CCC4C5(C)CCC(OC(=O)CC(C)(C)C(=O)O)C(C)(C)C5CCC4(C)C3(C)CCC2(C(O)CN(C)C(=O)Cc2ccccc2)CC1=O. The summed E-state index contributed by atoms with van der Waals surface area (Å²) in [5.41, 5.74) is 0.944. The molecule has 0 radical (unpaired) electrons. The largest absolute Gasteiger partial charge is 0.481 e. The van der Waals surface area contributed by atoms with Crippen LogP contribution in [-0.2, 0) is 30.3 Å². The van der Waals surface area contributed by atoms with Crippen molar-refractivity contribution >= 4 is 23.6 Å². The van der Waals surface area contributed by atoms with Crippen molar-refractivity contribution in [2.75, 3.05) is 13.6 Å². The highest BCUT2D eigenvalue weighted by Crippen LogP contribution is 2.77. The normalized spacial score (nSPS) is 36.4. The highest BCUT2D eigenvalue weighted by molar-refractivity contribution is 6.00. The molecular formula is C46H67NO7. The molecule has 1 amide bonds. The molecule has 5 aliphatic rings. The minimum Gasteiger partial charge on any atom is -0.481 e. The second-order valence-corrected chi connectivity index (χ2v) is 20.5. The van der Waals surface area contributed by atoms with Gasteiger partial charge in [0.25, 0.3) is 0 Å². The number of carboxylic acid groups (broad SMARTS) is 1. The third-order valence-corrected chi connectivity index (χ3v) is 16.6. The van der Waals surface area contributed by atoms with Gasteiger partial charge in [0, 0.05) is 30.8 Å². The van der Waals surface area contributed by atoms with E-state index in [-0.39, 0.29) is 70.7 Å². The minimum absolute atomic E-state index is 0.00650. The molecule has 0 bridgehead atoms. The lowest BCUT2D eigenvalue weighted by Crippen LogP contribution is -2.66. The first kappa shape index (κ1) is 40.7. The van der Waals surface area contributed by atoms with Crippen molar-refractivity contribution < 1.29 is 34.1 Å². The van der Waals surface area contributed by atoms with Crippen molar-refractivity contribution in [2.24, 2.45) is 56.2 Å². The third-order valence-electron chi connectivity index (χ3n) is 16.6. The number of Topliss-reactive ketones (excluding diaryl/α,β-unsaturated/α-hetero) is 1. The van der Waals surface area contributed by atoms with Crippen LogP contribution in [0.3, 0.4) is 0 Å². The van der Waals surface area contributed by atoms with E-state index in [9.17, 15) is 29.4 Å². The first-order valence-electron chi connectivity index (χ1n) is 20.7. The zero-order chi connectivity index (χ0) is 39.8. The van der Waals surface area contributed by atoms with Crippen LogP contribution < -0.4 is 0 Å². The summed E-state index contributed by atoms with van der Waals surface area (Å²) in [5.74, 6) is -0.270. The monoisotopic (exact) mass is 745 g/mol. The number of carbonyl (C=O) groups is 4. The summed E-state index contributed by atoms with van der Waals surface area (Å²) in [5, 5.41) is 21.9. The van der Waals surface area contributed by atoms with E-state index >= 15 is 0 Å². The number of benzene rings is 1. The van der Waals surface area contributed by atoms with E-state index in [1.54, 1.807) is 25.8 Å². The molecular weight excluding hydrogens is 679 g/mol. The maximum atomic E-state index is 14.1. The van der Waals surface area contributed by atoms with Crippen LogP contribution in [0.15, 0.2) is 41.5 Å². The van der Waals surface area contributed by atoms with Crippen molar-refractivity contribution in [1.29, 1.82) is 0 Å². The van der Waals surface area contributed by atoms with E-state index in [0.717, 1.165) is 62.5 Å². The number of hydrogen-bond donors (Lipinski definition) is 2. The van der Waals surface area contributed by atoms with E-state index in [0.29, 0.717) is 18.3 Å². The summed E-state index contributed by atoms with van der Waals surface area (Å²) in [7, 11) is 1.78. The first-order chi connectivity index (χ1) is 25.0. The van der Waals surface area contributed by atoms with E-state index in [4.69, 9.17) is 4.74 Å². The fourth-order valence-corrected chi connectivity index (χ4v) is 13.4. The van der Waals surface area contributed by atoms with Gasteiger partial charge in [0.15, 0.2) is 5.78 Å². The number of nitrogens with zero attached hydrogens (tertiary/aromatic N) is 1. The summed E-state index contributed by atoms with van der Waals surface area (Å²) >= 11 is 0. The standard InChI is InChI=1S/C46H67NO7/c1-28(2)38-31(48)25-46(34(49)27-47(10)36(50)24-29-14-12-11-13-15-29)23-22-44(8)30(39(38)46)16-17-33-43(7)20-19-35(54-37(51)26-41(3,4)40(52)53)42(5,6)32(43)18-21-45(33,44)9/h11-15,28,30,32-35,49H,16-27H2,1-10H3,(H,52,53). The second kappa shape index (κ2) is 13.9. The van der Waals surface area contributed by atoms with Gasteiger partial charge in [0.2, 0.25) is 5.91 Å². The summed E-state index contributed by atoms with van der Waals surface area (Å²) in [6.07, 6.45) is 6.80. The molecule has 8 heteroatoms.